The number of aryl methyl sites for hydroxylation is 1. The highest BCUT2D eigenvalue weighted by Gasteiger charge is 2.26. The van der Waals surface area contributed by atoms with Gasteiger partial charge in [0.25, 0.3) is 0 Å². The number of nitrogens with zero attached hydrogens (tertiary/aromatic N) is 4. The van der Waals surface area contributed by atoms with Gasteiger partial charge in [0.2, 0.25) is 5.95 Å². The maximum Gasteiger partial charge on any atom is 0.226 e. The fourth-order valence-electron chi connectivity index (χ4n) is 2.19. The number of anilines is 1. The SMILES string of the molecule is Cc1cc(/C(N)=N/O)nc(N2CC(C)OC(CO)C2)n1. The van der Waals surface area contributed by atoms with E-state index in [0.717, 1.165) is 5.69 Å². The number of oxime groups is 1. The molecule has 1 aliphatic rings. The molecule has 1 saturated heterocycles. The number of rotatable bonds is 3. The Morgan fingerprint density at radius 2 is 2.30 bits per heavy atom. The molecule has 0 aromatic carbocycles. The lowest BCUT2D eigenvalue weighted by Gasteiger charge is -2.36. The van der Waals surface area contributed by atoms with Crippen LogP contribution in [0.15, 0.2) is 11.2 Å². The third-order valence-electron chi connectivity index (χ3n) is 3.03. The van der Waals surface area contributed by atoms with Crippen LogP contribution in [0.3, 0.4) is 0 Å². The summed E-state index contributed by atoms with van der Waals surface area (Å²) in [7, 11) is 0. The van der Waals surface area contributed by atoms with E-state index < -0.39 is 0 Å². The predicted octanol–water partition coefficient (Wildman–Crippen LogP) is -0.534. The Morgan fingerprint density at radius 1 is 1.55 bits per heavy atom. The molecule has 1 aromatic heterocycles. The molecule has 0 saturated carbocycles. The van der Waals surface area contributed by atoms with Crippen molar-refractivity contribution in [2.45, 2.75) is 26.1 Å². The molecular weight excluding hydrogens is 262 g/mol. The van der Waals surface area contributed by atoms with Gasteiger partial charge in [0.15, 0.2) is 5.84 Å². The maximum atomic E-state index is 9.24. The number of aliphatic hydroxyl groups is 1. The molecule has 8 heteroatoms. The zero-order chi connectivity index (χ0) is 14.7. The largest absolute Gasteiger partial charge is 0.409 e. The minimum atomic E-state index is -0.268. The predicted molar refractivity (Wildman–Crippen MR) is 72.9 cm³/mol. The van der Waals surface area contributed by atoms with Crippen LogP contribution in [-0.4, -0.2) is 58.0 Å². The molecule has 2 unspecified atom stereocenters. The number of morpholine rings is 1. The van der Waals surface area contributed by atoms with Crippen LogP contribution in [0.1, 0.15) is 18.3 Å². The standard InChI is InChI=1S/C12H19N5O3/c1-7-3-10(11(13)16-19)15-12(14-7)17-4-8(2)20-9(5-17)6-18/h3,8-9,18-19H,4-6H2,1-2H3,(H2,13,16). The highest BCUT2D eigenvalue weighted by atomic mass is 16.5. The van der Waals surface area contributed by atoms with Crippen molar-refractivity contribution in [2.24, 2.45) is 10.9 Å². The van der Waals surface area contributed by atoms with Gasteiger partial charge in [-0.15, -0.1) is 0 Å². The van der Waals surface area contributed by atoms with E-state index in [1.807, 2.05) is 18.7 Å². The first-order chi connectivity index (χ1) is 9.53. The van der Waals surface area contributed by atoms with Crippen LogP contribution in [0.5, 0.6) is 0 Å². The van der Waals surface area contributed by atoms with Gasteiger partial charge < -0.3 is 25.7 Å². The van der Waals surface area contributed by atoms with Crippen molar-refractivity contribution in [3.8, 4) is 0 Å². The molecule has 0 radical (unpaired) electrons. The van der Waals surface area contributed by atoms with Gasteiger partial charge in [0.1, 0.15) is 5.69 Å². The summed E-state index contributed by atoms with van der Waals surface area (Å²) in [5.41, 5.74) is 6.66. The van der Waals surface area contributed by atoms with E-state index in [1.54, 1.807) is 6.07 Å². The van der Waals surface area contributed by atoms with E-state index in [9.17, 15) is 5.11 Å². The first-order valence-electron chi connectivity index (χ1n) is 6.38. The van der Waals surface area contributed by atoms with Crippen LogP contribution in [0, 0.1) is 6.92 Å². The van der Waals surface area contributed by atoms with Crippen LogP contribution in [0.4, 0.5) is 5.95 Å². The van der Waals surface area contributed by atoms with Crippen LogP contribution >= 0.6 is 0 Å². The number of ether oxygens (including phenoxy) is 1. The normalized spacial score (nSPS) is 23.9. The van der Waals surface area contributed by atoms with Crippen molar-refractivity contribution in [1.82, 2.24) is 9.97 Å². The summed E-state index contributed by atoms with van der Waals surface area (Å²) < 4.78 is 5.58. The molecule has 0 aliphatic carbocycles. The Balaban J connectivity index is 2.29. The molecule has 4 N–H and O–H groups in total. The summed E-state index contributed by atoms with van der Waals surface area (Å²) in [6, 6.07) is 1.64. The minimum absolute atomic E-state index is 0.0303. The number of hydrogen-bond donors (Lipinski definition) is 3. The summed E-state index contributed by atoms with van der Waals surface area (Å²) in [5, 5.41) is 20.9. The molecule has 2 heterocycles. The van der Waals surface area contributed by atoms with Gasteiger partial charge in [-0.3, -0.25) is 0 Å². The molecular formula is C12H19N5O3. The Bertz CT molecular complexity index is 508. The lowest BCUT2D eigenvalue weighted by Crippen LogP contribution is -2.48. The fraction of sp³-hybridized carbons (Fsp3) is 0.583. The molecule has 1 fully saturated rings. The highest BCUT2D eigenvalue weighted by Crippen LogP contribution is 2.17. The Hall–Kier alpha value is -1.93. The van der Waals surface area contributed by atoms with Gasteiger partial charge in [0, 0.05) is 18.8 Å². The minimum Gasteiger partial charge on any atom is -0.409 e. The Morgan fingerprint density at radius 3 is 2.95 bits per heavy atom. The van der Waals surface area contributed by atoms with Crippen LogP contribution in [0.25, 0.3) is 0 Å². The second kappa shape index (κ2) is 6.02. The topological polar surface area (TPSA) is 117 Å². The molecule has 0 bridgehead atoms. The van der Waals surface area contributed by atoms with Crippen LogP contribution in [-0.2, 0) is 4.74 Å². The zero-order valence-corrected chi connectivity index (χ0v) is 11.5. The monoisotopic (exact) mass is 281 g/mol. The number of amidine groups is 1. The smallest absolute Gasteiger partial charge is 0.226 e. The Kier molecular flexibility index (Phi) is 4.35. The third-order valence-corrected chi connectivity index (χ3v) is 3.03. The molecule has 1 aromatic rings. The van der Waals surface area contributed by atoms with E-state index in [0.29, 0.717) is 24.7 Å². The fourth-order valence-corrected chi connectivity index (χ4v) is 2.19. The van der Waals surface area contributed by atoms with Crippen molar-refractivity contribution in [1.29, 1.82) is 0 Å². The lowest BCUT2D eigenvalue weighted by atomic mass is 10.2. The van der Waals surface area contributed by atoms with Crippen molar-refractivity contribution >= 4 is 11.8 Å². The molecule has 2 atom stereocenters. The quantitative estimate of drug-likeness (QED) is 0.295. The van der Waals surface area contributed by atoms with E-state index in [4.69, 9.17) is 15.7 Å². The van der Waals surface area contributed by atoms with Crippen molar-refractivity contribution in [3.05, 3.63) is 17.5 Å². The number of hydrogen-bond acceptors (Lipinski definition) is 7. The van der Waals surface area contributed by atoms with Gasteiger partial charge in [-0.25, -0.2) is 9.97 Å². The van der Waals surface area contributed by atoms with Gasteiger partial charge in [-0.2, -0.15) is 0 Å². The average Bonchev–Trinajstić information content (AvgIpc) is 2.45. The van der Waals surface area contributed by atoms with E-state index in [-0.39, 0.29) is 24.7 Å². The first kappa shape index (κ1) is 14.5. The molecule has 1 aliphatic heterocycles. The van der Waals surface area contributed by atoms with Gasteiger partial charge in [-0.1, -0.05) is 5.16 Å². The highest BCUT2D eigenvalue weighted by molar-refractivity contribution is 5.95. The number of aliphatic hydroxyl groups excluding tert-OH is 1. The lowest BCUT2D eigenvalue weighted by molar-refractivity contribution is -0.0425. The second-order valence-corrected chi connectivity index (χ2v) is 4.84. The molecule has 2 rings (SSSR count). The summed E-state index contributed by atoms with van der Waals surface area (Å²) in [6.45, 7) is 4.80. The zero-order valence-electron chi connectivity index (χ0n) is 11.5. The van der Waals surface area contributed by atoms with E-state index >= 15 is 0 Å². The van der Waals surface area contributed by atoms with E-state index in [1.165, 1.54) is 0 Å². The van der Waals surface area contributed by atoms with Gasteiger partial charge in [0.05, 0.1) is 18.8 Å². The molecule has 8 nitrogen and oxygen atoms in total. The van der Waals surface area contributed by atoms with Crippen LogP contribution in [0.2, 0.25) is 0 Å². The maximum absolute atomic E-state index is 9.24. The van der Waals surface area contributed by atoms with Crippen molar-refractivity contribution < 1.29 is 15.1 Å². The van der Waals surface area contributed by atoms with Crippen LogP contribution < -0.4 is 10.6 Å². The number of aromatic nitrogens is 2. The summed E-state index contributed by atoms with van der Waals surface area (Å²) in [4.78, 5) is 10.6. The summed E-state index contributed by atoms with van der Waals surface area (Å²) in [5.74, 6) is 0.428. The number of nitrogens with two attached hydrogens (primary N) is 1. The average molecular weight is 281 g/mol. The molecule has 0 amide bonds. The summed E-state index contributed by atoms with van der Waals surface area (Å²) >= 11 is 0. The van der Waals surface area contributed by atoms with Crippen molar-refractivity contribution in [2.75, 3.05) is 24.6 Å². The molecule has 0 spiro atoms. The second-order valence-electron chi connectivity index (χ2n) is 4.84. The van der Waals surface area contributed by atoms with Gasteiger partial charge in [-0.05, 0) is 19.9 Å². The molecule has 20 heavy (non-hydrogen) atoms. The molecule has 110 valence electrons. The summed E-state index contributed by atoms with van der Waals surface area (Å²) in [6.07, 6.45) is -0.299. The van der Waals surface area contributed by atoms with Crippen molar-refractivity contribution in [3.63, 3.8) is 0 Å². The van der Waals surface area contributed by atoms with E-state index in [2.05, 4.69) is 15.1 Å². The Labute approximate surface area is 116 Å². The first-order valence-corrected chi connectivity index (χ1v) is 6.38. The van der Waals surface area contributed by atoms with Gasteiger partial charge >= 0.3 is 0 Å². The third kappa shape index (κ3) is 3.14.